The molecule has 0 aromatic heterocycles. The Morgan fingerprint density at radius 2 is 1.97 bits per heavy atom. The van der Waals surface area contributed by atoms with Crippen molar-refractivity contribution in [1.29, 1.82) is 0 Å². The number of nitro benzene ring substituents is 1. The van der Waals surface area contributed by atoms with Crippen LogP contribution in [0.4, 0.5) is 5.69 Å². The van der Waals surface area contributed by atoms with E-state index in [9.17, 15) is 24.5 Å². The van der Waals surface area contributed by atoms with Crippen molar-refractivity contribution in [2.75, 3.05) is 26.7 Å². The van der Waals surface area contributed by atoms with Gasteiger partial charge in [0.2, 0.25) is 11.7 Å². The number of ether oxygens (including phenoxy) is 1. The smallest absolute Gasteiger partial charge is 0.373 e. The van der Waals surface area contributed by atoms with Crippen LogP contribution in [0.15, 0.2) is 29.3 Å². The van der Waals surface area contributed by atoms with Gasteiger partial charge in [-0.05, 0) is 37.6 Å². The number of non-ortho nitro benzene ring substituents is 1. The third kappa shape index (κ3) is 6.51. The van der Waals surface area contributed by atoms with Crippen molar-refractivity contribution in [2.24, 2.45) is 10.7 Å². The molecule has 1 aromatic rings. The fourth-order valence-corrected chi connectivity index (χ4v) is 5.06. The van der Waals surface area contributed by atoms with Gasteiger partial charge in [0.25, 0.3) is 5.69 Å². The average molecular weight is 478 g/mol. The van der Waals surface area contributed by atoms with E-state index in [2.05, 4.69) is 4.99 Å². The summed E-state index contributed by atoms with van der Waals surface area (Å²) in [6.45, 7) is 3.01. The standard InChI is InChI=1S/C21H27N5O6S/c1-13(27)33-17-9-18(24(2)11-17)20(28)25-8-7-15(10-25)23-19(22)21(29)32-12-14-3-5-16(6-4-14)26(30)31/h3-6,15,17-18H,7-12H2,1-2H3,(H2,22,23)/t15-,17-,18-/m0/s1. The van der Waals surface area contributed by atoms with Crippen LogP contribution in [0.3, 0.4) is 0 Å². The fraction of sp³-hybridized carbons (Fsp3) is 0.524. The number of esters is 1. The molecule has 2 aliphatic rings. The van der Waals surface area contributed by atoms with E-state index in [0.29, 0.717) is 38.0 Å². The second-order valence-corrected chi connectivity index (χ2v) is 9.64. The summed E-state index contributed by atoms with van der Waals surface area (Å²) >= 11 is 1.28. The summed E-state index contributed by atoms with van der Waals surface area (Å²) in [6.07, 6.45) is 1.21. The first-order valence-corrected chi connectivity index (χ1v) is 11.4. The van der Waals surface area contributed by atoms with Gasteiger partial charge in [0.1, 0.15) is 6.61 Å². The summed E-state index contributed by atoms with van der Waals surface area (Å²) in [4.78, 5) is 54.6. The monoisotopic (exact) mass is 477 g/mol. The van der Waals surface area contributed by atoms with Crippen LogP contribution >= 0.6 is 11.8 Å². The zero-order valence-corrected chi connectivity index (χ0v) is 19.3. The second kappa shape index (κ2) is 10.8. The maximum absolute atomic E-state index is 13.0. The Kier molecular flexibility index (Phi) is 8.03. The molecule has 11 nitrogen and oxygen atoms in total. The summed E-state index contributed by atoms with van der Waals surface area (Å²) in [5.41, 5.74) is 6.33. The minimum Gasteiger partial charge on any atom is -0.455 e. The molecule has 1 aromatic carbocycles. The van der Waals surface area contributed by atoms with Crippen LogP contribution in [0.1, 0.15) is 25.3 Å². The van der Waals surface area contributed by atoms with Crippen LogP contribution in [0.2, 0.25) is 0 Å². The highest BCUT2D eigenvalue weighted by atomic mass is 32.2. The van der Waals surface area contributed by atoms with Gasteiger partial charge in [-0.15, -0.1) is 0 Å². The lowest BCUT2D eigenvalue weighted by Crippen LogP contribution is -2.43. The van der Waals surface area contributed by atoms with E-state index < -0.39 is 10.9 Å². The lowest BCUT2D eigenvalue weighted by Gasteiger charge is -2.24. The van der Waals surface area contributed by atoms with Gasteiger partial charge in [-0.25, -0.2) is 4.79 Å². The third-order valence-corrected chi connectivity index (χ3v) is 6.66. The van der Waals surface area contributed by atoms with Gasteiger partial charge in [0.15, 0.2) is 5.12 Å². The Morgan fingerprint density at radius 3 is 2.61 bits per heavy atom. The highest BCUT2D eigenvalue weighted by molar-refractivity contribution is 8.14. The van der Waals surface area contributed by atoms with Crippen molar-refractivity contribution in [3.63, 3.8) is 0 Å². The summed E-state index contributed by atoms with van der Waals surface area (Å²) < 4.78 is 5.13. The van der Waals surface area contributed by atoms with Crippen LogP contribution in [0.25, 0.3) is 0 Å². The van der Waals surface area contributed by atoms with Crippen LogP contribution in [-0.2, 0) is 25.7 Å². The number of carbonyl (C=O) groups excluding carboxylic acids is 3. The van der Waals surface area contributed by atoms with Crippen molar-refractivity contribution < 1.29 is 24.0 Å². The molecule has 178 valence electrons. The van der Waals surface area contributed by atoms with Crippen molar-refractivity contribution >= 4 is 40.3 Å². The highest BCUT2D eigenvalue weighted by Crippen LogP contribution is 2.29. The van der Waals surface area contributed by atoms with Crippen LogP contribution in [0.5, 0.6) is 0 Å². The van der Waals surface area contributed by atoms with Gasteiger partial charge < -0.3 is 15.4 Å². The maximum atomic E-state index is 13.0. The molecule has 0 radical (unpaired) electrons. The number of nitro groups is 1. The number of nitrogens with zero attached hydrogens (tertiary/aromatic N) is 4. The molecule has 1 amide bonds. The summed E-state index contributed by atoms with van der Waals surface area (Å²) in [5, 5.41) is 10.8. The molecule has 0 spiro atoms. The first-order chi connectivity index (χ1) is 15.6. The van der Waals surface area contributed by atoms with E-state index in [1.165, 1.54) is 43.0 Å². The van der Waals surface area contributed by atoms with Crippen molar-refractivity contribution in [2.45, 2.75) is 43.7 Å². The Balaban J connectivity index is 1.49. The normalized spacial score (nSPS) is 23.5. The molecular formula is C21H27N5O6S. The number of amidine groups is 1. The van der Waals surface area contributed by atoms with E-state index in [1.807, 2.05) is 11.9 Å². The number of amides is 1. The molecular weight excluding hydrogens is 450 g/mol. The zero-order valence-electron chi connectivity index (χ0n) is 18.5. The summed E-state index contributed by atoms with van der Waals surface area (Å²) in [6, 6.07) is 5.09. The molecule has 0 bridgehead atoms. The number of carbonyl (C=O) groups is 3. The molecule has 12 heteroatoms. The number of rotatable bonds is 6. The number of hydrogen-bond acceptors (Lipinski definition) is 9. The van der Waals surface area contributed by atoms with Gasteiger partial charge in [0.05, 0.1) is 17.0 Å². The Morgan fingerprint density at radius 1 is 1.27 bits per heavy atom. The van der Waals surface area contributed by atoms with E-state index in [-0.39, 0.29) is 46.5 Å². The number of likely N-dealkylation sites (N-methyl/N-ethyl adjacent to an activating group) is 1. The van der Waals surface area contributed by atoms with E-state index >= 15 is 0 Å². The predicted octanol–water partition coefficient (Wildman–Crippen LogP) is 0.949. The van der Waals surface area contributed by atoms with Crippen molar-refractivity contribution in [3.05, 3.63) is 39.9 Å². The Bertz CT molecular complexity index is 953. The van der Waals surface area contributed by atoms with Crippen LogP contribution in [-0.4, -0.2) is 81.6 Å². The third-order valence-electron chi connectivity index (χ3n) is 5.65. The van der Waals surface area contributed by atoms with E-state index in [0.717, 1.165) is 0 Å². The minimum absolute atomic E-state index is 0.00108. The molecule has 3 atom stereocenters. The van der Waals surface area contributed by atoms with Gasteiger partial charge >= 0.3 is 5.97 Å². The van der Waals surface area contributed by atoms with Gasteiger partial charge in [-0.3, -0.25) is 29.6 Å². The van der Waals surface area contributed by atoms with Crippen molar-refractivity contribution in [3.8, 4) is 0 Å². The lowest BCUT2D eigenvalue weighted by atomic mass is 10.2. The number of benzene rings is 1. The fourth-order valence-electron chi connectivity index (χ4n) is 4.01. The second-order valence-electron chi connectivity index (χ2n) is 8.16. The first kappa shape index (κ1) is 24.6. The molecule has 0 saturated carbocycles. The summed E-state index contributed by atoms with van der Waals surface area (Å²) in [5.74, 6) is -1.05. The molecule has 2 fully saturated rings. The highest BCUT2D eigenvalue weighted by Gasteiger charge is 2.39. The molecule has 0 unspecified atom stereocenters. The maximum Gasteiger partial charge on any atom is 0.373 e. The Labute approximate surface area is 195 Å². The van der Waals surface area contributed by atoms with E-state index in [4.69, 9.17) is 10.5 Å². The molecule has 2 aliphatic heterocycles. The van der Waals surface area contributed by atoms with E-state index in [1.54, 1.807) is 4.90 Å². The topological polar surface area (TPSA) is 148 Å². The number of aliphatic imine (C=N–C) groups is 1. The number of nitrogens with two attached hydrogens (primary N) is 1. The van der Waals surface area contributed by atoms with Crippen LogP contribution in [0, 0.1) is 10.1 Å². The van der Waals surface area contributed by atoms with Gasteiger partial charge in [0, 0.05) is 43.9 Å². The van der Waals surface area contributed by atoms with Crippen LogP contribution < -0.4 is 5.73 Å². The largest absolute Gasteiger partial charge is 0.455 e. The first-order valence-electron chi connectivity index (χ1n) is 10.5. The Hall–Kier alpha value is -2.99. The SMILES string of the molecule is CC(=O)S[C@H]1C[C@@H](C(=O)N2CC[C@H](N=C(N)C(=O)OCc3ccc([N+](=O)[O-])cc3)C2)N(C)C1. The molecule has 2 saturated heterocycles. The molecule has 2 N–H and O–H groups in total. The molecule has 33 heavy (non-hydrogen) atoms. The molecule has 3 rings (SSSR count). The summed E-state index contributed by atoms with van der Waals surface area (Å²) in [7, 11) is 1.88. The minimum atomic E-state index is -0.780. The number of hydrogen-bond donors (Lipinski definition) is 1. The van der Waals surface area contributed by atoms with Gasteiger partial charge in [-0.1, -0.05) is 11.8 Å². The zero-order chi connectivity index (χ0) is 24.1. The number of thioether (sulfide) groups is 1. The molecule has 2 heterocycles. The lowest BCUT2D eigenvalue weighted by molar-refractivity contribution is -0.384. The molecule has 0 aliphatic carbocycles. The number of likely N-dealkylation sites (tertiary alicyclic amines) is 2. The van der Waals surface area contributed by atoms with Gasteiger partial charge in [-0.2, -0.15) is 0 Å². The average Bonchev–Trinajstić information content (AvgIpc) is 3.37. The van der Waals surface area contributed by atoms with Crippen molar-refractivity contribution in [1.82, 2.24) is 9.80 Å². The predicted molar refractivity (Wildman–Crippen MR) is 123 cm³/mol. The quantitative estimate of drug-likeness (QED) is 0.208.